The molecule has 1 aliphatic carbocycles. The van der Waals surface area contributed by atoms with Crippen molar-refractivity contribution in [2.45, 2.75) is 90.9 Å². The van der Waals surface area contributed by atoms with E-state index in [4.69, 9.17) is 0 Å². The lowest BCUT2D eigenvalue weighted by atomic mass is 9.78. The second-order valence-corrected chi connectivity index (χ2v) is 8.78. The molecular formula is C26H38N2. The summed E-state index contributed by atoms with van der Waals surface area (Å²) in [5, 5.41) is 0. The van der Waals surface area contributed by atoms with Gasteiger partial charge in [0.15, 0.2) is 5.82 Å². The van der Waals surface area contributed by atoms with E-state index in [1.165, 1.54) is 75.3 Å². The first-order valence-electron chi connectivity index (χ1n) is 11.7. The van der Waals surface area contributed by atoms with Crippen molar-refractivity contribution in [3.05, 3.63) is 47.8 Å². The predicted molar refractivity (Wildman–Crippen MR) is 119 cm³/mol. The van der Waals surface area contributed by atoms with Crippen molar-refractivity contribution < 1.29 is 0 Å². The fraction of sp³-hybridized carbons (Fsp3) is 0.615. The van der Waals surface area contributed by atoms with Crippen LogP contribution in [0, 0.1) is 11.8 Å². The number of unbranched alkanes of at least 4 members (excludes halogenated alkanes) is 2. The smallest absolute Gasteiger partial charge is 0.159 e. The second kappa shape index (κ2) is 11.3. The van der Waals surface area contributed by atoms with E-state index in [0.29, 0.717) is 0 Å². The van der Waals surface area contributed by atoms with Crippen LogP contribution in [-0.4, -0.2) is 9.97 Å². The summed E-state index contributed by atoms with van der Waals surface area (Å²) in [6.45, 7) is 4.49. The normalized spacial score (nSPS) is 19.6. The van der Waals surface area contributed by atoms with Crippen LogP contribution in [0.5, 0.6) is 0 Å². The van der Waals surface area contributed by atoms with E-state index >= 15 is 0 Å². The Hall–Kier alpha value is -1.70. The topological polar surface area (TPSA) is 25.8 Å². The summed E-state index contributed by atoms with van der Waals surface area (Å²) in [5.41, 5.74) is 3.80. The van der Waals surface area contributed by atoms with Crippen LogP contribution in [0.1, 0.15) is 89.2 Å². The molecule has 2 nitrogen and oxygen atoms in total. The third-order valence-corrected chi connectivity index (χ3v) is 6.48. The average molecular weight is 379 g/mol. The lowest BCUT2D eigenvalue weighted by molar-refractivity contribution is 0.249. The Labute approximate surface area is 172 Å². The SMILES string of the molecule is CCCCC[C@H]1CC[C@H](CCc2ccc(-c3ncc(CCC)cn3)cc2)CC1. The summed E-state index contributed by atoms with van der Waals surface area (Å²) < 4.78 is 0. The van der Waals surface area contributed by atoms with Gasteiger partial charge in [-0.2, -0.15) is 0 Å². The van der Waals surface area contributed by atoms with Crippen molar-refractivity contribution in [3.8, 4) is 11.4 Å². The monoisotopic (exact) mass is 378 g/mol. The fourth-order valence-electron chi connectivity index (χ4n) is 4.60. The van der Waals surface area contributed by atoms with Gasteiger partial charge >= 0.3 is 0 Å². The second-order valence-electron chi connectivity index (χ2n) is 8.78. The van der Waals surface area contributed by atoms with E-state index in [-0.39, 0.29) is 0 Å². The van der Waals surface area contributed by atoms with Gasteiger partial charge in [-0.3, -0.25) is 0 Å². The maximum absolute atomic E-state index is 4.54. The first-order valence-corrected chi connectivity index (χ1v) is 11.7. The van der Waals surface area contributed by atoms with E-state index in [2.05, 4.69) is 48.1 Å². The molecule has 1 aliphatic rings. The van der Waals surface area contributed by atoms with Crippen molar-refractivity contribution in [2.24, 2.45) is 11.8 Å². The summed E-state index contributed by atoms with van der Waals surface area (Å²) in [7, 11) is 0. The summed E-state index contributed by atoms with van der Waals surface area (Å²) in [4.78, 5) is 9.08. The Balaban J connectivity index is 1.42. The molecule has 0 atom stereocenters. The number of aryl methyl sites for hydroxylation is 2. The molecule has 0 radical (unpaired) electrons. The maximum Gasteiger partial charge on any atom is 0.159 e. The Bertz CT molecular complexity index is 667. The molecule has 0 spiro atoms. The zero-order valence-electron chi connectivity index (χ0n) is 18.0. The van der Waals surface area contributed by atoms with E-state index < -0.39 is 0 Å². The molecule has 0 saturated heterocycles. The first kappa shape index (κ1) is 21.0. The number of rotatable bonds is 10. The van der Waals surface area contributed by atoms with E-state index in [1.807, 2.05) is 12.4 Å². The Morgan fingerprint density at radius 3 is 1.96 bits per heavy atom. The Morgan fingerprint density at radius 2 is 1.36 bits per heavy atom. The highest BCUT2D eigenvalue weighted by Crippen LogP contribution is 2.34. The van der Waals surface area contributed by atoms with Crippen molar-refractivity contribution in [1.29, 1.82) is 0 Å². The third-order valence-electron chi connectivity index (χ3n) is 6.48. The van der Waals surface area contributed by atoms with E-state index in [1.54, 1.807) is 0 Å². The molecular weight excluding hydrogens is 340 g/mol. The molecule has 1 aromatic carbocycles. The van der Waals surface area contributed by atoms with Gasteiger partial charge in [-0.1, -0.05) is 95.9 Å². The highest BCUT2D eigenvalue weighted by molar-refractivity contribution is 5.55. The predicted octanol–water partition coefficient (Wildman–Crippen LogP) is 7.42. The van der Waals surface area contributed by atoms with Crippen LogP contribution in [0.3, 0.4) is 0 Å². The lowest BCUT2D eigenvalue weighted by Gasteiger charge is -2.28. The van der Waals surface area contributed by atoms with Crippen LogP contribution in [0.15, 0.2) is 36.7 Å². The van der Waals surface area contributed by atoms with Gasteiger partial charge in [0.25, 0.3) is 0 Å². The minimum absolute atomic E-state index is 0.841. The van der Waals surface area contributed by atoms with Gasteiger partial charge in [0, 0.05) is 18.0 Å². The summed E-state index contributed by atoms with van der Waals surface area (Å²) in [6.07, 6.45) is 20.2. The zero-order valence-corrected chi connectivity index (χ0v) is 18.0. The summed E-state index contributed by atoms with van der Waals surface area (Å²) >= 11 is 0. The molecule has 0 amide bonds. The van der Waals surface area contributed by atoms with Crippen LogP contribution in [-0.2, 0) is 12.8 Å². The number of hydrogen-bond acceptors (Lipinski definition) is 2. The van der Waals surface area contributed by atoms with Crippen LogP contribution < -0.4 is 0 Å². The molecule has 152 valence electrons. The number of aromatic nitrogens is 2. The van der Waals surface area contributed by atoms with Gasteiger partial charge in [0.05, 0.1) is 0 Å². The molecule has 28 heavy (non-hydrogen) atoms. The van der Waals surface area contributed by atoms with Gasteiger partial charge < -0.3 is 0 Å². The number of hydrogen-bond donors (Lipinski definition) is 0. The Kier molecular flexibility index (Phi) is 8.51. The highest BCUT2D eigenvalue weighted by atomic mass is 14.9. The van der Waals surface area contributed by atoms with Gasteiger partial charge in [-0.25, -0.2) is 9.97 Å². The minimum atomic E-state index is 0.841. The highest BCUT2D eigenvalue weighted by Gasteiger charge is 2.20. The standard InChI is InChI=1S/C26H38N2/c1-3-5-6-8-21-9-11-22(12-10-21)13-14-23-15-17-25(18-16-23)26-27-19-24(7-4-2)20-28-26/h15-22H,3-14H2,1-2H3/t21-,22-. The molecule has 1 heterocycles. The molecule has 1 saturated carbocycles. The van der Waals surface area contributed by atoms with Gasteiger partial charge in [-0.15, -0.1) is 0 Å². The van der Waals surface area contributed by atoms with Crippen LogP contribution in [0.2, 0.25) is 0 Å². The molecule has 2 heteroatoms. The van der Waals surface area contributed by atoms with Gasteiger partial charge in [0.2, 0.25) is 0 Å². The summed E-state index contributed by atoms with van der Waals surface area (Å²) in [6, 6.07) is 8.92. The van der Waals surface area contributed by atoms with E-state index in [0.717, 1.165) is 36.1 Å². The lowest BCUT2D eigenvalue weighted by Crippen LogP contribution is -2.15. The minimum Gasteiger partial charge on any atom is -0.236 e. The molecule has 3 rings (SSSR count). The summed E-state index contributed by atoms with van der Waals surface area (Å²) in [5.74, 6) is 2.80. The van der Waals surface area contributed by atoms with Crippen molar-refractivity contribution >= 4 is 0 Å². The van der Waals surface area contributed by atoms with Crippen LogP contribution >= 0.6 is 0 Å². The van der Waals surface area contributed by atoms with Gasteiger partial charge in [-0.05, 0) is 42.2 Å². The molecule has 1 aromatic heterocycles. The molecule has 2 aromatic rings. The van der Waals surface area contributed by atoms with Crippen LogP contribution in [0.25, 0.3) is 11.4 Å². The fourth-order valence-corrected chi connectivity index (χ4v) is 4.60. The quantitative estimate of drug-likeness (QED) is 0.402. The molecule has 0 N–H and O–H groups in total. The first-order chi connectivity index (χ1) is 13.8. The third kappa shape index (κ3) is 6.43. The zero-order chi connectivity index (χ0) is 19.6. The molecule has 0 bridgehead atoms. The number of benzene rings is 1. The maximum atomic E-state index is 4.54. The molecule has 0 unspecified atom stereocenters. The van der Waals surface area contributed by atoms with Crippen molar-refractivity contribution in [3.63, 3.8) is 0 Å². The average Bonchev–Trinajstić information content (AvgIpc) is 2.75. The largest absolute Gasteiger partial charge is 0.236 e. The molecule has 0 aliphatic heterocycles. The van der Waals surface area contributed by atoms with E-state index in [9.17, 15) is 0 Å². The van der Waals surface area contributed by atoms with Crippen LogP contribution in [0.4, 0.5) is 0 Å². The van der Waals surface area contributed by atoms with Gasteiger partial charge in [0.1, 0.15) is 0 Å². The van der Waals surface area contributed by atoms with Crippen molar-refractivity contribution in [2.75, 3.05) is 0 Å². The van der Waals surface area contributed by atoms with Crippen molar-refractivity contribution in [1.82, 2.24) is 9.97 Å². The number of nitrogens with zero attached hydrogens (tertiary/aromatic N) is 2. The Morgan fingerprint density at radius 1 is 0.714 bits per heavy atom. The molecule has 1 fully saturated rings.